The number of allylic oxidation sites excluding steroid dienone is 1. The molecule has 8 heavy (non-hydrogen) atoms. The van der Waals surface area contributed by atoms with Gasteiger partial charge < -0.3 is 4.74 Å². The minimum absolute atomic E-state index is 0.727. The molecule has 0 aromatic carbocycles. The van der Waals surface area contributed by atoms with Crippen molar-refractivity contribution in [3.63, 3.8) is 0 Å². The quantitative estimate of drug-likeness (QED) is 0.402. The highest BCUT2D eigenvalue weighted by atomic mass is 16.5. The summed E-state index contributed by atoms with van der Waals surface area (Å²) in [5.74, 6) is 0. The van der Waals surface area contributed by atoms with Gasteiger partial charge >= 0.3 is 0 Å². The maximum atomic E-state index is 4.60. The van der Waals surface area contributed by atoms with Gasteiger partial charge in [0.25, 0.3) is 0 Å². The molecule has 0 saturated heterocycles. The lowest BCUT2D eigenvalue weighted by atomic mass is 10.3. The van der Waals surface area contributed by atoms with Crippen molar-refractivity contribution < 1.29 is 4.74 Å². The van der Waals surface area contributed by atoms with Crippen molar-refractivity contribution in [2.75, 3.05) is 6.61 Å². The van der Waals surface area contributed by atoms with Gasteiger partial charge in [-0.15, -0.1) is 0 Å². The molecule has 0 heterocycles. The largest absolute Gasteiger partial charge is 0.379 e. The molecule has 47 valence electrons. The average Bonchev–Trinajstić information content (AvgIpc) is 1.66. The first kappa shape index (κ1) is 7.70. The Labute approximate surface area is 51.4 Å². The van der Waals surface area contributed by atoms with Gasteiger partial charge in [-0.1, -0.05) is 11.6 Å². The van der Waals surface area contributed by atoms with Gasteiger partial charge in [0.1, 0.15) is 0 Å². The minimum Gasteiger partial charge on any atom is -0.379 e. The molecule has 0 aliphatic carbocycles. The van der Waals surface area contributed by atoms with Crippen LogP contribution in [0.25, 0.3) is 0 Å². The van der Waals surface area contributed by atoms with Crippen molar-refractivity contribution in [3.8, 4) is 0 Å². The third-order valence-corrected chi connectivity index (χ3v) is 0.815. The van der Waals surface area contributed by atoms with Gasteiger partial charge in [0.15, 0.2) is 0 Å². The second kappa shape index (κ2) is 4.85. The number of hydrogen-bond donors (Lipinski definition) is 0. The van der Waals surface area contributed by atoms with E-state index in [9.17, 15) is 0 Å². The van der Waals surface area contributed by atoms with Crippen LogP contribution in [0, 0.1) is 7.11 Å². The van der Waals surface area contributed by atoms with E-state index in [1.807, 2.05) is 0 Å². The lowest BCUT2D eigenvalue weighted by molar-refractivity contribution is 0.248. The second-order valence-corrected chi connectivity index (χ2v) is 1.98. The van der Waals surface area contributed by atoms with E-state index in [0.717, 1.165) is 13.0 Å². The highest BCUT2D eigenvalue weighted by molar-refractivity contribution is 4.92. The number of hydrogen-bond acceptors (Lipinski definition) is 1. The second-order valence-electron chi connectivity index (χ2n) is 1.98. The third-order valence-electron chi connectivity index (χ3n) is 0.815. The Bertz CT molecular complexity index is 70.5. The summed E-state index contributed by atoms with van der Waals surface area (Å²) in [5.41, 5.74) is 1.34. The minimum atomic E-state index is 0.727. The summed E-state index contributed by atoms with van der Waals surface area (Å²) in [6, 6.07) is 0. The van der Waals surface area contributed by atoms with E-state index >= 15 is 0 Å². The van der Waals surface area contributed by atoms with E-state index < -0.39 is 0 Å². The van der Waals surface area contributed by atoms with Gasteiger partial charge in [0, 0.05) is 0 Å². The normalized spacial score (nSPS) is 8.88. The molecule has 1 nitrogen and oxygen atoms in total. The molecule has 0 bridgehead atoms. The molecular weight excluding hydrogens is 100 g/mol. The Kier molecular flexibility index (Phi) is 4.67. The molecule has 0 fully saturated rings. The monoisotopic (exact) mass is 113 g/mol. The number of rotatable bonds is 3. The van der Waals surface area contributed by atoms with Crippen molar-refractivity contribution in [3.05, 3.63) is 18.8 Å². The Morgan fingerprint density at radius 1 is 1.62 bits per heavy atom. The summed E-state index contributed by atoms with van der Waals surface area (Å²) < 4.78 is 4.60. The van der Waals surface area contributed by atoms with Gasteiger partial charge in [0.05, 0.1) is 13.7 Å². The molecule has 0 atom stereocenters. The Hall–Kier alpha value is -0.300. The zero-order valence-electron chi connectivity index (χ0n) is 5.61. The first-order chi connectivity index (χ1) is 3.77. The topological polar surface area (TPSA) is 9.23 Å². The van der Waals surface area contributed by atoms with Crippen molar-refractivity contribution >= 4 is 0 Å². The van der Waals surface area contributed by atoms with Crippen LogP contribution in [-0.2, 0) is 4.74 Å². The summed E-state index contributed by atoms with van der Waals surface area (Å²) in [7, 11) is 3.25. The zero-order chi connectivity index (χ0) is 6.41. The SMILES string of the molecule is [CH2]OCCC=C(C)C. The van der Waals surface area contributed by atoms with Crippen LogP contribution in [0.15, 0.2) is 11.6 Å². The fourth-order valence-corrected chi connectivity index (χ4v) is 0.431. The third kappa shape index (κ3) is 5.70. The fourth-order valence-electron chi connectivity index (χ4n) is 0.431. The van der Waals surface area contributed by atoms with E-state index in [1.54, 1.807) is 0 Å². The molecule has 1 heteroatoms. The molecule has 0 amide bonds. The van der Waals surface area contributed by atoms with Gasteiger partial charge in [0.2, 0.25) is 0 Å². The van der Waals surface area contributed by atoms with Crippen LogP contribution in [0.5, 0.6) is 0 Å². The first-order valence-electron chi connectivity index (χ1n) is 2.77. The molecule has 0 saturated carbocycles. The molecule has 0 N–H and O–H groups in total. The first-order valence-corrected chi connectivity index (χ1v) is 2.77. The van der Waals surface area contributed by atoms with Gasteiger partial charge in [-0.2, -0.15) is 0 Å². The molecule has 0 aliphatic heterocycles. The summed E-state index contributed by atoms with van der Waals surface area (Å²) in [6.07, 6.45) is 3.11. The van der Waals surface area contributed by atoms with Crippen LogP contribution < -0.4 is 0 Å². The molecule has 0 aromatic rings. The maximum Gasteiger partial charge on any atom is 0.0700 e. The molecule has 0 unspecified atom stereocenters. The fraction of sp³-hybridized carbons (Fsp3) is 0.571. The Morgan fingerprint density at radius 2 is 2.25 bits per heavy atom. The molecule has 0 aliphatic rings. The predicted octanol–water partition coefficient (Wildman–Crippen LogP) is 2.15. The summed E-state index contributed by atoms with van der Waals surface area (Å²) in [6.45, 7) is 4.87. The summed E-state index contributed by atoms with van der Waals surface area (Å²) in [4.78, 5) is 0. The van der Waals surface area contributed by atoms with Crippen LogP contribution in [0.1, 0.15) is 20.3 Å². The van der Waals surface area contributed by atoms with E-state index in [1.165, 1.54) is 5.57 Å². The van der Waals surface area contributed by atoms with Crippen molar-refractivity contribution in [2.24, 2.45) is 0 Å². The summed E-state index contributed by atoms with van der Waals surface area (Å²) in [5, 5.41) is 0. The van der Waals surface area contributed by atoms with Gasteiger partial charge in [-0.3, -0.25) is 0 Å². The van der Waals surface area contributed by atoms with Crippen LogP contribution in [0.3, 0.4) is 0 Å². The van der Waals surface area contributed by atoms with E-state index in [-0.39, 0.29) is 0 Å². The van der Waals surface area contributed by atoms with E-state index in [2.05, 4.69) is 31.8 Å². The van der Waals surface area contributed by atoms with Crippen LogP contribution >= 0.6 is 0 Å². The van der Waals surface area contributed by atoms with Crippen molar-refractivity contribution in [2.45, 2.75) is 20.3 Å². The zero-order valence-corrected chi connectivity index (χ0v) is 5.61. The highest BCUT2D eigenvalue weighted by Gasteiger charge is 1.77. The Balaban J connectivity index is 3.03. The molecular formula is C7H13O. The lowest BCUT2D eigenvalue weighted by Gasteiger charge is -1.90. The number of ether oxygens (including phenoxy) is 1. The van der Waals surface area contributed by atoms with Crippen molar-refractivity contribution in [1.29, 1.82) is 0 Å². The molecule has 0 aromatic heterocycles. The maximum absolute atomic E-state index is 4.60. The van der Waals surface area contributed by atoms with Crippen LogP contribution in [-0.4, -0.2) is 6.61 Å². The highest BCUT2D eigenvalue weighted by Crippen LogP contribution is 1.91. The molecule has 0 spiro atoms. The molecule has 1 radical (unpaired) electrons. The van der Waals surface area contributed by atoms with Crippen LogP contribution in [0.2, 0.25) is 0 Å². The van der Waals surface area contributed by atoms with Gasteiger partial charge in [-0.05, 0) is 20.3 Å². The van der Waals surface area contributed by atoms with Crippen molar-refractivity contribution in [1.82, 2.24) is 0 Å². The van der Waals surface area contributed by atoms with E-state index in [0.29, 0.717) is 0 Å². The van der Waals surface area contributed by atoms with E-state index in [4.69, 9.17) is 0 Å². The Morgan fingerprint density at radius 3 is 2.62 bits per heavy atom. The van der Waals surface area contributed by atoms with Gasteiger partial charge in [-0.25, -0.2) is 0 Å². The predicted molar refractivity (Wildman–Crippen MR) is 35.4 cm³/mol. The summed E-state index contributed by atoms with van der Waals surface area (Å²) >= 11 is 0. The smallest absolute Gasteiger partial charge is 0.0700 e. The lowest BCUT2D eigenvalue weighted by Crippen LogP contribution is -1.81. The standard InChI is InChI=1S/C7H13O/c1-7(2)5-4-6-8-3/h5H,3-4,6H2,1-2H3. The molecule has 0 rings (SSSR count). The average molecular weight is 113 g/mol. The van der Waals surface area contributed by atoms with Crippen LogP contribution in [0.4, 0.5) is 0 Å².